The van der Waals surface area contributed by atoms with Crippen LogP contribution in [0.25, 0.3) is 0 Å². The lowest BCUT2D eigenvalue weighted by Gasteiger charge is -2.12. The highest BCUT2D eigenvalue weighted by Gasteiger charge is 1.91. The Morgan fingerprint density at radius 2 is 1.92 bits per heavy atom. The first-order chi connectivity index (χ1) is 6.29. The molecule has 0 amide bonds. The van der Waals surface area contributed by atoms with Crippen molar-refractivity contribution < 1.29 is 4.74 Å². The maximum absolute atomic E-state index is 5.47. The molecule has 0 spiro atoms. The average molecular weight is 180 g/mol. The maximum atomic E-state index is 5.47. The van der Waals surface area contributed by atoms with Gasteiger partial charge in [-0.3, -0.25) is 10.4 Å². The molecule has 0 unspecified atom stereocenters. The van der Waals surface area contributed by atoms with E-state index in [1.807, 2.05) is 49.4 Å². The van der Waals surface area contributed by atoms with Crippen molar-refractivity contribution in [1.82, 2.24) is 10.4 Å². The van der Waals surface area contributed by atoms with Crippen LogP contribution in [0.15, 0.2) is 30.3 Å². The topological polar surface area (TPSA) is 24.5 Å². The lowest BCUT2D eigenvalue weighted by Crippen LogP contribution is -2.33. The Labute approximate surface area is 79.3 Å². The molecule has 0 aliphatic heterocycles. The van der Waals surface area contributed by atoms with Crippen molar-refractivity contribution in [3.8, 4) is 5.75 Å². The molecule has 13 heavy (non-hydrogen) atoms. The van der Waals surface area contributed by atoms with E-state index in [-0.39, 0.29) is 0 Å². The Kier molecular flexibility index (Phi) is 4.29. The van der Waals surface area contributed by atoms with E-state index in [0.717, 1.165) is 12.3 Å². The minimum Gasteiger partial charge on any atom is -0.492 e. The molecule has 0 bridgehead atoms. The minimum atomic E-state index is 0.683. The van der Waals surface area contributed by atoms with Crippen LogP contribution < -0.4 is 10.2 Å². The third kappa shape index (κ3) is 4.50. The normalized spacial score (nSPS) is 10.4. The zero-order chi connectivity index (χ0) is 9.52. The van der Waals surface area contributed by atoms with Crippen LogP contribution in [0.3, 0.4) is 0 Å². The van der Waals surface area contributed by atoms with E-state index in [1.165, 1.54) is 0 Å². The van der Waals surface area contributed by atoms with E-state index < -0.39 is 0 Å². The fourth-order valence-corrected chi connectivity index (χ4v) is 0.955. The molecular formula is C10H16N2O. The number of hydrazine groups is 1. The first-order valence-electron chi connectivity index (χ1n) is 4.38. The maximum Gasteiger partial charge on any atom is 0.119 e. The van der Waals surface area contributed by atoms with Crippen LogP contribution in [-0.2, 0) is 0 Å². The van der Waals surface area contributed by atoms with Crippen LogP contribution in [0.5, 0.6) is 5.75 Å². The monoisotopic (exact) mass is 180 g/mol. The van der Waals surface area contributed by atoms with Crippen molar-refractivity contribution >= 4 is 0 Å². The number of nitrogens with one attached hydrogen (secondary N) is 1. The van der Waals surface area contributed by atoms with Crippen LogP contribution >= 0.6 is 0 Å². The molecule has 0 aliphatic carbocycles. The Morgan fingerprint density at radius 1 is 1.23 bits per heavy atom. The molecule has 1 N–H and O–H groups in total. The molecule has 0 aromatic heterocycles. The second-order valence-corrected chi connectivity index (χ2v) is 2.96. The molecule has 1 aromatic rings. The van der Waals surface area contributed by atoms with E-state index in [4.69, 9.17) is 4.74 Å². The van der Waals surface area contributed by atoms with Gasteiger partial charge in [0.2, 0.25) is 0 Å². The molecule has 3 nitrogen and oxygen atoms in total. The molecule has 0 saturated carbocycles. The van der Waals surface area contributed by atoms with Gasteiger partial charge in [0.1, 0.15) is 12.4 Å². The number of para-hydroxylation sites is 1. The van der Waals surface area contributed by atoms with Gasteiger partial charge in [-0.05, 0) is 12.1 Å². The number of ether oxygens (including phenoxy) is 1. The van der Waals surface area contributed by atoms with Gasteiger partial charge in [0.25, 0.3) is 0 Å². The Morgan fingerprint density at radius 3 is 2.54 bits per heavy atom. The second kappa shape index (κ2) is 5.56. The lowest BCUT2D eigenvalue weighted by atomic mass is 10.3. The first kappa shape index (κ1) is 10.0. The van der Waals surface area contributed by atoms with Crippen molar-refractivity contribution in [2.75, 3.05) is 27.2 Å². The largest absolute Gasteiger partial charge is 0.492 e. The molecule has 1 rings (SSSR count). The molecule has 3 heteroatoms. The van der Waals surface area contributed by atoms with Gasteiger partial charge >= 0.3 is 0 Å². The van der Waals surface area contributed by atoms with Gasteiger partial charge in [0.15, 0.2) is 0 Å². The van der Waals surface area contributed by atoms with Crippen LogP contribution in [0.1, 0.15) is 0 Å². The third-order valence-corrected chi connectivity index (χ3v) is 1.54. The SMILES string of the molecule is CN(C)NCCOc1ccccc1. The number of hydrogen-bond donors (Lipinski definition) is 1. The van der Waals surface area contributed by atoms with E-state index in [0.29, 0.717) is 6.61 Å². The predicted molar refractivity (Wildman–Crippen MR) is 53.6 cm³/mol. The summed E-state index contributed by atoms with van der Waals surface area (Å²) < 4.78 is 5.47. The first-order valence-corrected chi connectivity index (χ1v) is 4.38. The molecule has 72 valence electrons. The summed E-state index contributed by atoms with van der Waals surface area (Å²) >= 11 is 0. The fourth-order valence-electron chi connectivity index (χ4n) is 0.955. The summed E-state index contributed by atoms with van der Waals surface area (Å²) in [4.78, 5) is 0. The van der Waals surface area contributed by atoms with Crippen molar-refractivity contribution in [1.29, 1.82) is 0 Å². The Balaban J connectivity index is 2.13. The number of hydrogen-bond acceptors (Lipinski definition) is 3. The zero-order valence-corrected chi connectivity index (χ0v) is 8.16. The number of nitrogens with zero attached hydrogens (tertiary/aromatic N) is 1. The highest BCUT2D eigenvalue weighted by atomic mass is 16.5. The van der Waals surface area contributed by atoms with Crippen molar-refractivity contribution in [2.24, 2.45) is 0 Å². The van der Waals surface area contributed by atoms with E-state index in [1.54, 1.807) is 0 Å². The van der Waals surface area contributed by atoms with E-state index in [9.17, 15) is 0 Å². The predicted octanol–water partition coefficient (Wildman–Crippen LogP) is 1.13. The molecule has 0 heterocycles. The minimum absolute atomic E-state index is 0.683. The average Bonchev–Trinajstić information content (AvgIpc) is 2.14. The van der Waals surface area contributed by atoms with Crippen LogP contribution in [-0.4, -0.2) is 32.3 Å². The van der Waals surface area contributed by atoms with Crippen LogP contribution in [0.2, 0.25) is 0 Å². The van der Waals surface area contributed by atoms with Crippen molar-refractivity contribution in [2.45, 2.75) is 0 Å². The summed E-state index contributed by atoms with van der Waals surface area (Å²) in [7, 11) is 3.92. The highest BCUT2D eigenvalue weighted by Crippen LogP contribution is 2.07. The molecule has 0 saturated heterocycles. The van der Waals surface area contributed by atoms with E-state index in [2.05, 4.69) is 5.43 Å². The number of rotatable bonds is 5. The lowest BCUT2D eigenvalue weighted by molar-refractivity contribution is 0.238. The van der Waals surface area contributed by atoms with Gasteiger partial charge in [-0.25, -0.2) is 0 Å². The van der Waals surface area contributed by atoms with Gasteiger partial charge in [-0.15, -0.1) is 0 Å². The molecule has 0 aliphatic rings. The molecule has 0 atom stereocenters. The molecule has 0 radical (unpaired) electrons. The van der Waals surface area contributed by atoms with Gasteiger partial charge < -0.3 is 4.74 Å². The highest BCUT2D eigenvalue weighted by molar-refractivity contribution is 5.20. The second-order valence-electron chi connectivity index (χ2n) is 2.96. The van der Waals surface area contributed by atoms with Crippen LogP contribution in [0.4, 0.5) is 0 Å². The summed E-state index contributed by atoms with van der Waals surface area (Å²) in [5, 5.41) is 1.91. The molecule has 1 aromatic carbocycles. The Hall–Kier alpha value is -1.06. The quantitative estimate of drug-likeness (QED) is 0.543. The summed E-state index contributed by atoms with van der Waals surface area (Å²) in [5.74, 6) is 0.919. The summed E-state index contributed by atoms with van der Waals surface area (Å²) in [6, 6.07) is 9.82. The van der Waals surface area contributed by atoms with Crippen LogP contribution in [0, 0.1) is 0 Å². The smallest absolute Gasteiger partial charge is 0.119 e. The van der Waals surface area contributed by atoms with Crippen molar-refractivity contribution in [3.05, 3.63) is 30.3 Å². The summed E-state index contributed by atoms with van der Waals surface area (Å²) in [6.45, 7) is 1.50. The van der Waals surface area contributed by atoms with Gasteiger partial charge in [-0.2, -0.15) is 0 Å². The standard InChI is InChI=1S/C10H16N2O/c1-12(2)11-8-9-13-10-6-4-3-5-7-10/h3-7,11H,8-9H2,1-2H3. The summed E-state index contributed by atoms with van der Waals surface area (Å²) in [5.41, 5.74) is 3.12. The summed E-state index contributed by atoms with van der Waals surface area (Å²) in [6.07, 6.45) is 0. The molecular weight excluding hydrogens is 164 g/mol. The zero-order valence-electron chi connectivity index (χ0n) is 8.16. The molecule has 0 fully saturated rings. The fraction of sp³-hybridized carbons (Fsp3) is 0.400. The van der Waals surface area contributed by atoms with Gasteiger partial charge in [-0.1, -0.05) is 18.2 Å². The third-order valence-electron chi connectivity index (χ3n) is 1.54. The number of benzene rings is 1. The van der Waals surface area contributed by atoms with E-state index >= 15 is 0 Å². The Bertz CT molecular complexity index is 224. The van der Waals surface area contributed by atoms with Gasteiger partial charge in [0.05, 0.1) is 0 Å². The van der Waals surface area contributed by atoms with Gasteiger partial charge in [0, 0.05) is 20.6 Å². The van der Waals surface area contributed by atoms with Crippen molar-refractivity contribution in [3.63, 3.8) is 0 Å².